The van der Waals surface area contributed by atoms with Gasteiger partial charge in [0.05, 0.1) is 6.04 Å². The zero-order valence-electron chi connectivity index (χ0n) is 18.4. The number of fused-ring (bicyclic) bond motifs is 2. The molecule has 2 aromatic carbocycles. The third-order valence-electron chi connectivity index (χ3n) is 6.55. The number of carbonyl (C=O) groups excluding carboxylic acids is 1. The molecule has 0 fully saturated rings. The van der Waals surface area contributed by atoms with Crippen molar-refractivity contribution in [3.05, 3.63) is 94.2 Å². The van der Waals surface area contributed by atoms with Crippen LogP contribution in [0.25, 0.3) is 22.3 Å². The van der Waals surface area contributed by atoms with Gasteiger partial charge in [-0.3, -0.25) is 4.79 Å². The fraction of sp³-hybridized carbons (Fsp3) is 0.192. The van der Waals surface area contributed by atoms with E-state index in [-0.39, 0.29) is 5.91 Å². The Hall–Kier alpha value is -3.55. The molecule has 2 aliphatic heterocycles. The van der Waals surface area contributed by atoms with Crippen molar-refractivity contribution in [3.8, 4) is 11.1 Å². The third-order valence-corrected chi connectivity index (χ3v) is 6.90. The molecule has 2 aromatic heterocycles. The Labute approximate surface area is 200 Å². The number of hydrogen-bond donors (Lipinski definition) is 1. The van der Waals surface area contributed by atoms with Crippen LogP contribution in [0.15, 0.2) is 61.1 Å². The summed E-state index contributed by atoms with van der Waals surface area (Å²) >= 11 is 6.47. The molecular formula is C26H21ClFN5O. The van der Waals surface area contributed by atoms with Gasteiger partial charge in [-0.1, -0.05) is 17.7 Å². The van der Waals surface area contributed by atoms with Crippen molar-refractivity contribution in [2.24, 2.45) is 0 Å². The normalized spacial score (nSPS) is 18.1. The van der Waals surface area contributed by atoms with E-state index in [1.807, 2.05) is 24.4 Å². The number of hydrogen-bond acceptors (Lipinski definition) is 4. The van der Waals surface area contributed by atoms with Gasteiger partial charge in [-0.15, -0.1) is 0 Å². The molecule has 1 amide bonds. The average Bonchev–Trinajstić information content (AvgIpc) is 3.44. The summed E-state index contributed by atoms with van der Waals surface area (Å²) in [4.78, 5) is 19.7. The lowest BCUT2D eigenvalue weighted by atomic mass is 9.86. The van der Waals surface area contributed by atoms with Crippen molar-refractivity contribution >= 4 is 28.7 Å². The highest BCUT2D eigenvalue weighted by Gasteiger charge is 2.35. The summed E-state index contributed by atoms with van der Waals surface area (Å²) in [5.41, 5.74) is 6.66. The van der Waals surface area contributed by atoms with E-state index in [0.717, 1.165) is 53.0 Å². The van der Waals surface area contributed by atoms with Crippen molar-refractivity contribution in [2.45, 2.75) is 12.5 Å². The number of amides is 1. The van der Waals surface area contributed by atoms with E-state index in [2.05, 4.69) is 39.5 Å². The summed E-state index contributed by atoms with van der Waals surface area (Å²) in [6.07, 6.45) is 6.56. The van der Waals surface area contributed by atoms with Gasteiger partial charge in [0, 0.05) is 41.0 Å². The lowest BCUT2D eigenvalue weighted by Gasteiger charge is -2.26. The fourth-order valence-electron chi connectivity index (χ4n) is 4.91. The smallest absolute Gasteiger partial charge is 0.252 e. The van der Waals surface area contributed by atoms with Crippen molar-refractivity contribution in [2.75, 3.05) is 20.1 Å². The standard InChI is InChI=1S/C26H21ClFN5O/c1-32-8-2-3-16(12-32)19-9-17(15-4-7-23-29-14-30-33(23)13-15)10-21-24(19)25(31-26(21)34)20-11-18(28)5-6-22(20)27/h3-7,9-11,13-14,25H,2,8,12H2,1H3,(H,31,34). The van der Waals surface area contributed by atoms with Crippen LogP contribution in [0.3, 0.4) is 0 Å². The molecule has 34 heavy (non-hydrogen) atoms. The Balaban J connectivity index is 1.58. The number of aromatic nitrogens is 3. The zero-order chi connectivity index (χ0) is 23.4. The molecule has 4 aromatic rings. The minimum atomic E-state index is -0.527. The first-order valence-electron chi connectivity index (χ1n) is 11.1. The predicted molar refractivity (Wildman–Crippen MR) is 129 cm³/mol. The van der Waals surface area contributed by atoms with Gasteiger partial charge in [0.2, 0.25) is 0 Å². The first-order valence-corrected chi connectivity index (χ1v) is 11.5. The van der Waals surface area contributed by atoms with Gasteiger partial charge in [0.15, 0.2) is 5.65 Å². The maximum absolute atomic E-state index is 14.2. The van der Waals surface area contributed by atoms with Crippen LogP contribution >= 0.6 is 11.6 Å². The number of pyridine rings is 1. The second-order valence-electron chi connectivity index (χ2n) is 8.79. The molecule has 1 unspecified atom stereocenters. The lowest BCUT2D eigenvalue weighted by Crippen LogP contribution is -2.25. The van der Waals surface area contributed by atoms with Crippen LogP contribution < -0.4 is 5.32 Å². The third kappa shape index (κ3) is 3.48. The summed E-state index contributed by atoms with van der Waals surface area (Å²) in [5, 5.41) is 7.70. The Kier molecular flexibility index (Phi) is 4.97. The first-order chi connectivity index (χ1) is 16.5. The molecular weight excluding hydrogens is 453 g/mol. The monoisotopic (exact) mass is 473 g/mol. The topological polar surface area (TPSA) is 62.5 Å². The summed E-state index contributed by atoms with van der Waals surface area (Å²) < 4.78 is 15.9. The molecule has 0 aliphatic carbocycles. The molecule has 170 valence electrons. The maximum Gasteiger partial charge on any atom is 0.252 e. The van der Waals surface area contributed by atoms with E-state index in [4.69, 9.17) is 11.6 Å². The molecule has 8 heteroatoms. The number of halogens is 2. The Morgan fingerprint density at radius 2 is 1.97 bits per heavy atom. The highest BCUT2D eigenvalue weighted by molar-refractivity contribution is 6.31. The van der Waals surface area contributed by atoms with Gasteiger partial charge in [-0.05, 0) is 78.2 Å². The number of likely N-dealkylation sites (N-methyl/N-ethyl adjacent to an activating group) is 1. The Bertz CT molecular complexity index is 1490. The zero-order valence-corrected chi connectivity index (χ0v) is 19.2. The van der Waals surface area contributed by atoms with Crippen LogP contribution in [0.2, 0.25) is 5.02 Å². The van der Waals surface area contributed by atoms with Gasteiger partial charge < -0.3 is 10.2 Å². The average molecular weight is 474 g/mol. The van der Waals surface area contributed by atoms with E-state index < -0.39 is 11.9 Å². The van der Waals surface area contributed by atoms with Crippen LogP contribution in [0.5, 0.6) is 0 Å². The van der Waals surface area contributed by atoms with E-state index >= 15 is 0 Å². The quantitative estimate of drug-likeness (QED) is 0.467. The van der Waals surface area contributed by atoms with E-state index in [1.165, 1.54) is 24.5 Å². The summed E-state index contributed by atoms with van der Waals surface area (Å²) in [7, 11) is 2.08. The maximum atomic E-state index is 14.2. The molecule has 0 spiro atoms. The summed E-state index contributed by atoms with van der Waals surface area (Å²) in [6.45, 7) is 1.74. The number of carbonyl (C=O) groups is 1. The minimum Gasteiger partial charge on any atom is -0.341 e. The largest absolute Gasteiger partial charge is 0.341 e. The Morgan fingerprint density at radius 3 is 2.82 bits per heavy atom. The highest BCUT2D eigenvalue weighted by Crippen LogP contribution is 2.42. The van der Waals surface area contributed by atoms with Gasteiger partial charge in [-0.2, -0.15) is 5.10 Å². The van der Waals surface area contributed by atoms with Crippen LogP contribution in [0.1, 0.15) is 39.5 Å². The molecule has 1 atom stereocenters. The van der Waals surface area contributed by atoms with Gasteiger partial charge >= 0.3 is 0 Å². The molecule has 0 radical (unpaired) electrons. The molecule has 6 nitrogen and oxygen atoms in total. The second kappa shape index (κ2) is 8.04. The summed E-state index contributed by atoms with van der Waals surface area (Å²) in [5.74, 6) is -0.590. The number of benzene rings is 2. The molecule has 0 saturated heterocycles. The van der Waals surface area contributed by atoms with Crippen molar-refractivity contribution < 1.29 is 9.18 Å². The molecule has 2 aliphatic rings. The van der Waals surface area contributed by atoms with Crippen LogP contribution in [-0.4, -0.2) is 45.5 Å². The molecule has 6 rings (SSSR count). The second-order valence-corrected chi connectivity index (χ2v) is 9.20. The van der Waals surface area contributed by atoms with Crippen molar-refractivity contribution in [1.82, 2.24) is 24.8 Å². The van der Waals surface area contributed by atoms with Gasteiger partial charge in [0.1, 0.15) is 12.1 Å². The first kappa shape index (κ1) is 21.0. The Morgan fingerprint density at radius 1 is 1.12 bits per heavy atom. The molecule has 0 saturated carbocycles. The van der Waals surface area contributed by atoms with E-state index in [1.54, 1.807) is 4.52 Å². The van der Waals surface area contributed by atoms with Crippen molar-refractivity contribution in [1.29, 1.82) is 0 Å². The van der Waals surface area contributed by atoms with Gasteiger partial charge in [0.25, 0.3) is 5.91 Å². The number of rotatable bonds is 3. The van der Waals surface area contributed by atoms with Crippen molar-refractivity contribution in [3.63, 3.8) is 0 Å². The van der Waals surface area contributed by atoms with Crippen LogP contribution in [-0.2, 0) is 0 Å². The molecule has 1 N–H and O–H groups in total. The van der Waals surface area contributed by atoms with Crippen LogP contribution in [0, 0.1) is 5.82 Å². The van der Waals surface area contributed by atoms with Gasteiger partial charge in [-0.25, -0.2) is 13.9 Å². The lowest BCUT2D eigenvalue weighted by molar-refractivity contribution is 0.0960. The highest BCUT2D eigenvalue weighted by atomic mass is 35.5. The molecule has 4 heterocycles. The van der Waals surface area contributed by atoms with Crippen LogP contribution in [0.4, 0.5) is 4.39 Å². The summed E-state index contributed by atoms with van der Waals surface area (Å²) in [6, 6.07) is 11.6. The minimum absolute atomic E-state index is 0.199. The SMILES string of the molecule is CN1CCC=C(c2cc(-c3ccc4ncnn4c3)cc3c2C(c2cc(F)ccc2Cl)NC3=O)C1. The van der Waals surface area contributed by atoms with E-state index in [0.29, 0.717) is 16.1 Å². The molecule has 0 bridgehead atoms. The number of nitrogens with zero attached hydrogens (tertiary/aromatic N) is 4. The fourth-order valence-corrected chi connectivity index (χ4v) is 5.14. The number of nitrogens with one attached hydrogen (secondary N) is 1. The predicted octanol–water partition coefficient (Wildman–Crippen LogP) is 4.74. The van der Waals surface area contributed by atoms with E-state index in [9.17, 15) is 9.18 Å².